The minimum atomic E-state index is -0.553. The Bertz CT molecular complexity index is 892. The van der Waals surface area contributed by atoms with Crippen LogP contribution in [0.5, 0.6) is 11.6 Å². The Balaban J connectivity index is 1.94. The van der Waals surface area contributed by atoms with Gasteiger partial charge in [-0.05, 0) is 42.8 Å². The summed E-state index contributed by atoms with van der Waals surface area (Å²) in [7, 11) is 0. The van der Waals surface area contributed by atoms with E-state index in [9.17, 15) is 9.59 Å². The number of amides is 2. The molecule has 3 N–H and O–H groups in total. The summed E-state index contributed by atoms with van der Waals surface area (Å²) in [5, 5.41) is 4.45. The molecule has 2 amide bonds. The van der Waals surface area contributed by atoms with Gasteiger partial charge in [-0.3, -0.25) is 9.59 Å². The Kier molecular flexibility index (Phi) is 4.95. The number of pyridine rings is 1. The van der Waals surface area contributed by atoms with Crippen molar-refractivity contribution < 1.29 is 19.1 Å². The monoisotopic (exact) mass is 371 g/mol. The summed E-state index contributed by atoms with van der Waals surface area (Å²) in [6, 6.07) is 5.11. The number of benzene rings is 1. The highest BCUT2D eigenvalue weighted by Gasteiger charge is 2.39. The van der Waals surface area contributed by atoms with Crippen LogP contribution >= 0.6 is 0 Å². The molecule has 0 saturated carbocycles. The first kappa shape index (κ1) is 18.9. The fourth-order valence-electron chi connectivity index (χ4n) is 3.24. The Morgan fingerprint density at radius 1 is 1.41 bits per heavy atom. The normalized spacial score (nSPS) is 18.6. The quantitative estimate of drug-likeness (QED) is 0.812. The third-order valence-electron chi connectivity index (χ3n) is 4.74. The topological polar surface area (TPSA) is 104 Å². The third kappa shape index (κ3) is 3.97. The first-order valence-electron chi connectivity index (χ1n) is 8.99. The number of hydrogen-bond donors (Lipinski definition) is 2. The highest BCUT2D eigenvalue weighted by Crippen LogP contribution is 2.34. The summed E-state index contributed by atoms with van der Waals surface area (Å²) in [6.07, 6.45) is 1.97. The molecule has 1 saturated heterocycles. The van der Waals surface area contributed by atoms with Gasteiger partial charge in [0.2, 0.25) is 11.8 Å². The number of primary amides is 1. The first-order valence-corrected chi connectivity index (χ1v) is 8.99. The fraction of sp³-hybridized carbons (Fsp3) is 0.450. The largest absolute Gasteiger partial charge is 0.490 e. The molecule has 1 fully saturated rings. The van der Waals surface area contributed by atoms with E-state index in [1.807, 2.05) is 27.7 Å². The van der Waals surface area contributed by atoms with Crippen molar-refractivity contribution in [3.8, 4) is 11.6 Å². The number of nitrogens with zero attached hydrogens (tertiary/aromatic N) is 1. The van der Waals surface area contributed by atoms with E-state index in [0.29, 0.717) is 30.2 Å². The van der Waals surface area contributed by atoms with Gasteiger partial charge in [0.1, 0.15) is 12.4 Å². The van der Waals surface area contributed by atoms with Gasteiger partial charge < -0.3 is 20.5 Å². The van der Waals surface area contributed by atoms with Crippen LogP contribution in [0.2, 0.25) is 0 Å². The lowest BCUT2D eigenvalue weighted by molar-refractivity contribution is -0.119. The van der Waals surface area contributed by atoms with Gasteiger partial charge in [0.05, 0.1) is 17.7 Å². The number of hydrogen-bond acceptors (Lipinski definition) is 5. The number of ether oxygens (including phenoxy) is 2. The van der Waals surface area contributed by atoms with E-state index in [2.05, 4.69) is 10.3 Å². The van der Waals surface area contributed by atoms with Crippen LogP contribution in [0, 0.1) is 5.41 Å². The second-order valence-electron chi connectivity index (χ2n) is 7.81. The molecule has 27 heavy (non-hydrogen) atoms. The minimum absolute atomic E-state index is 0.0261. The molecule has 7 heteroatoms. The summed E-state index contributed by atoms with van der Waals surface area (Å²) >= 11 is 0. The maximum Gasteiger partial charge on any atom is 0.252 e. The molecule has 1 aromatic carbocycles. The molecule has 7 nitrogen and oxygen atoms in total. The van der Waals surface area contributed by atoms with Gasteiger partial charge in [0.15, 0.2) is 0 Å². The fourth-order valence-corrected chi connectivity index (χ4v) is 3.24. The van der Waals surface area contributed by atoms with Crippen LogP contribution in [0.4, 0.5) is 0 Å². The average molecular weight is 371 g/mol. The lowest BCUT2D eigenvalue weighted by Crippen LogP contribution is -2.38. The number of fused-ring (bicyclic) bond motifs is 1. The SMILES string of the molecule is CC(C)Oc1cc2c(OC[C@@H]3NC(=O)CC3(C)C)nccc2cc1C(N)=O. The van der Waals surface area contributed by atoms with E-state index in [0.717, 1.165) is 10.8 Å². The van der Waals surface area contributed by atoms with E-state index < -0.39 is 5.91 Å². The van der Waals surface area contributed by atoms with Crippen molar-refractivity contribution in [2.24, 2.45) is 11.1 Å². The van der Waals surface area contributed by atoms with Gasteiger partial charge in [-0.1, -0.05) is 13.8 Å². The summed E-state index contributed by atoms with van der Waals surface area (Å²) in [5.41, 5.74) is 5.63. The van der Waals surface area contributed by atoms with Gasteiger partial charge >= 0.3 is 0 Å². The summed E-state index contributed by atoms with van der Waals surface area (Å²) in [5.74, 6) is 0.298. The number of aromatic nitrogens is 1. The van der Waals surface area contributed by atoms with Gasteiger partial charge in [0.25, 0.3) is 5.91 Å². The summed E-state index contributed by atoms with van der Waals surface area (Å²) in [4.78, 5) is 27.8. The Morgan fingerprint density at radius 2 is 2.15 bits per heavy atom. The third-order valence-corrected chi connectivity index (χ3v) is 4.74. The van der Waals surface area contributed by atoms with Gasteiger partial charge in [-0.2, -0.15) is 0 Å². The van der Waals surface area contributed by atoms with Crippen molar-refractivity contribution in [2.75, 3.05) is 6.61 Å². The van der Waals surface area contributed by atoms with Crippen molar-refractivity contribution in [3.05, 3.63) is 30.0 Å². The molecule has 0 radical (unpaired) electrons. The molecule has 2 aromatic rings. The number of rotatable bonds is 6. The smallest absolute Gasteiger partial charge is 0.252 e. The molecule has 1 aliphatic rings. The lowest BCUT2D eigenvalue weighted by Gasteiger charge is -2.25. The van der Waals surface area contributed by atoms with Crippen LogP contribution < -0.4 is 20.5 Å². The second-order valence-corrected chi connectivity index (χ2v) is 7.81. The molecule has 1 aliphatic heterocycles. The molecule has 1 aromatic heterocycles. The van der Waals surface area contributed by atoms with Gasteiger partial charge in [-0.15, -0.1) is 0 Å². The van der Waals surface area contributed by atoms with E-state index in [1.54, 1.807) is 24.4 Å². The van der Waals surface area contributed by atoms with Crippen LogP contribution in [0.15, 0.2) is 24.4 Å². The van der Waals surface area contributed by atoms with E-state index >= 15 is 0 Å². The predicted molar refractivity (Wildman–Crippen MR) is 102 cm³/mol. The molecule has 0 unspecified atom stereocenters. The zero-order valence-electron chi connectivity index (χ0n) is 16.0. The van der Waals surface area contributed by atoms with E-state index in [1.165, 1.54) is 0 Å². The molecule has 3 rings (SSSR count). The molecule has 0 aliphatic carbocycles. The van der Waals surface area contributed by atoms with Crippen LogP contribution in [0.3, 0.4) is 0 Å². The molecule has 0 spiro atoms. The van der Waals surface area contributed by atoms with Crippen molar-refractivity contribution in [2.45, 2.75) is 46.3 Å². The Labute approximate surface area is 158 Å². The minimum Gasteiger partial charge on any atom is -0.490 e. The highest BCUT2D eigenvalue weighted by atomic mass is 16.5. The number of nitrogens with two attached hydrogens (primary N) is 1. The molecule has 0 bridgehead atoms. The number of carbonyl (C=O) groups is 2. The second kappa shape index (κ2) is 7.06. The van der Waals surface area contributed by atoms with Crippen LogP contribution in [-0.4, -0.2) is 35.6 Å². The zero-order valence-corrected chi connectivity index (χ0v) is 16.0. The number of nitrogens with one attached hydrogen (secondary N) is 1. The molecule has 2 heterocycles. The summed E-state index contributed by atoms with van der Waals surface area (Å²) in [6.45, 7) is 8.12. The van der Waals surface area contributed by atoms with Crippen LogP contribution in [0.25, 0.3) is 10.8 Å². The number of carbonyl (C=O) groups excluding carboxylic acids is 2. The Hall–Kier alpha value is -2.83. The highest BCUT2D eigenvalue weighted by molar-refractivity contribution is 6.01. The summed E-state index contributed by atoms with van der Waals surface area (Å²) < 4.78 is 11.7. The van der Waals surface area contributed by atoms with Gasteiger partial charge in [-0.25, -0.2) is 4.98 Å². The van der Waals surface area contributed by atoms with Crippen molar-refractivity contribution in [3.63, 3.8) is 0 Å². The predicted octanol–water partition coefficient (Wildman–Crippen LogP) is 2.41. The van der Waals surface area contributed by atoms with E-state index in [4.69, 9.17) is 15.2 Å². The standard InChI is InChI=1S/C20H25N3O4/c1-11(2)27-15-8-13-12(7-14(15)18(21)25)5-6-22-19(13)26-10-16-20(3,4)9-17(24)23-16/h5-8,11,16H,9-10H2,1-4H3,(H2,21,25)(H,23,24)/t16-/m0/s1. The maximum atomic E-state index is 11.8. The van der Waals surface area contributed by atoms with Crippen molar-refractivity contribution >= 4 is 22.6 Å². The van der Waals surface area contributed by atoms with Crippen molar-refractivity contribution in [1.82, 2.24) is 10.3 Å². The maximum absolute atomic E-state index is 11.8. The zero-order chi connectivity index (χ0) is 19.8. The lowest BCUT2D eigenvalue weighted by atomic mass is 9.85. The molecule has 1 atom stereocenters. The Morgan fingerprint density at radius 3 is 2.74 bits per heavy atom. The molecule has 144 valence electrons. The van der Waals surface area contributed by atoms with Crippen LogP contribution in [0.1, 0.15) is 44.5 Å². The molecular formula is C20H25N3O4. The average Bonchev–Trinajstić information content (AvgIpc) is 2.83. The van der Waals surface area contributed by atoms with Gasteiger partial charge in [0, 0.05) is 18.0 Å². The van der Waals surface area contributed by atoms with E-state index in [-0.39, 0.29) is 23.5 Å². The van der Waals surface area contributed by atoms with Crippen molar-refractivity contribution in [1.29, 1.82) is 0 Å². The molecular weight excluding hydrogens is 346 g/mol. The first-order chi connectivity index (χ1) is 12.7. The van der Waals surface area contributed by atoms with Crippen LogP contribution in [-0.2, 0) is 4.79 Å².